The van der Waals surface area contributed by atoms with Gasteiger partial charge in [-0.25, -0.2) is 0 Å². The standard InChI is InChI=1S/C12H15ClO3/c1-7-5-10(16-4)9(13)6-8(7)11(14)12(2,3)15/h5-6,15H,1-4H3. The minimum absolute atomic E-state index is 0.352. The number of rotatable bonds is 3. The van der Waals surface area contributed by atoms with Crippen molar-refractivity contribution in [2.24, 2.45) is 0 Å². The second kappa shape index (κ2) is 4.44. The highest BCUT2D eigenvalue weighted by molar-refractivity contribution is 6.32. The van der Waals surface area contributed by atoms with Crippen molar-refractivity contribution in [1.29, 1.82) is 0 Å². The Morgan fingerprint density at radius 1 is 1.44 bits per heavy atom. The molecule has 0 radical (unpaired) electrons. The summed E-state index contributed by atoms with van der Waals surface area (Å²) >= 11 is 5.94. The Morgan fingerprint density at radius 3 is 2.44 bits per heavy atom. The fraction of sp³-hybridized carbons (Fsp3) is 0.417. The molecule has 1 N–H and O–H groups in total. The number of aliphatic hydroxyl groups is 1. The van der Waals surface area contributed by atoms with Crippen molar-refractivity contribution in [3.05, 3.63) is 28.3 Å². The lowest BCUT2D eigenvalue weighted by atomic mass is 9.93. The zero-order valence-corrected chi connectivity index (χ0v) is 10.6. The first-order valence-corrected chi connectivity index (χ1v) is 5.26. The Kier molecular flexibility index (Phi) is 3.61. The third-order valence-corrected chi connectivity index (χ3v) is 2.59. The summed E-state index contributed by atoms with van der Waals surface area (Å²) in [4.78, 5) is 11.9. The second-order valence-electron chi connectivity index (χ2n) is 4.19. The normalized spacial score (nSPS) is 11.4. The van der Waals surface area contributed by atoms with E-state index >= 15 is 0 Å². The molecule has 3 nitrogen and oxygen atoms in total. The predicted molar refractivity (Wildman–Crippen MR) is 63.4 cm³/mol. The molecule has 0 fully saturated rings. The average Bonchev–Trinajstić information content (AvgIpc) is 2.18. The van der Waals surface area contributed by atoms with Crippen LogP contribution in [0, 0.1) is 6.92 Å². The SMILES string of the molecule is COc1cc(C)c(C(=O)C(C)(C)O)cc1Cl. The lowest BCUT2D eigenvalue weighted by Gasteiger charge is -2.18. The zero-order chi connectivity index (χ0) is 12.5. The number of methoxy groups -OCH3 is 1. The van der Waals surface area contributed by atoms with E-state index in [1.807, 2.05) is 0 Å². The first-order chi connectivity index (χ1) is 7.27. The van der Waals surface area contributed by atoms with Gasteiger partial charge in [-0.15, -0.1) is 0 Å². The molecular formula is C12H15ClO3. The topological polar surface area (TPSA) is 46.5 Å². The smallest absolute Gasteiger partial charge is 0.194 e. The van der Waals surface area contributed by atoms with Crippen molar-refractivity contribution in [2.45, 2.75) is 26.4 Å². The van der Waals surface area contributed by atoms with E-state index in [0.717, 1.165) is 5.56 Å². The summed E-state index contributed by atoms with van der Waals surface area (Å²) in [5, 5.41) is 10.0. The number of hydrogen-bond acceptors (Lipinski definition) is 3. The molecule has 16 heavy (non-hydrogen) atoms. The number of carbonyl (C=O) groups is 1. The van der Waals surface area contributed by atoms with Crippen LogP contribution in [0.4, 0.5) is 0 Å². The Bertz CT molecular complexity index is 419. The number of halogens is 1. The summed E-state index contributed by atoms with van der Waals surface area (Å²) in [6.07, 6.45) is 0. The van der Waals surface area contributed by atoms with Crippen LogP contribution in [0.2, 0.25) is 5.02 Å². The molecule has 88 valence electrons. The van der Waals surface area contributed by atoms with E-state index in [2.05, 4.69) is 0 Å². The van der Waals surface area contributed by atoms with E-state index in [1.165, 1.54) is 27.0 Å². The molecule has 1 aromatic carbocycles. The maximum atomic E-state index is 11.9. The summed E-state index contributed by atoms with van der Waals surface area (Å²) in [6.45, 7) is 4.68. The molecule has 0 aliphatic rings. The van der Waals surface area contributed by atoms with Crippen LogP contribution in [0.15, 0.2) is 12.1 Å². The van der Waals surface area contributed by atoms with Crippen molar-refractivity contribution in [2.75, 3.05) is 7.11 Å². The minimum Gasteiger partial charge on any atom is -0.495 e. The molecule has 1 rings (SSSR count). The van der Waals surface area contributed by atoms with E-state index in [9.17, 15) is 9.90 Å². The van der Waals surface area contributed by atoms with Crippen molar-refractivity contribution >= 4 is 17.4 Å². The van der Waals surface area contributed by atoms with E-state index in [1.54, 1.807) is 13.0 Å². The first-order valence-electron chi connectivity index (χ1n) is 4.88. The highest BCUT2D eigenvalue weighted by Crippen LogP contribution is 2.29. The van der Waals surface area contributed by atoms with Gasteiger partial charge < -0.3 is 9.84 Å². The number of aryl methyl sites for hydroxylation is 1. The molecule has 0 aliphatic heterocycles. The molecule has 0 bridgehead atoms. The molecule has 0 heterocycles. The highest BCUT2D eigenvalue weighted by atomic mass is 35.5. The number of carbonyl (C=O) groups excluding carboxylic acids is 1. The minimum atomic E-state index is -1.40. The van der Waals surface area contributed by atoms with Crippen LogP contribution < -0.4 is 4.74 Å². The van der Waals surface area contributed by atoms with Crippen molar-refractivity contribution in [3.63, 3.8) is 0 Å². The molecule has 0 aromatic heterocycles. The number of ether oxygens (including phenoxy) is 1. The summed E-state index contributed by atoms with van der Waals surface area (Å²) in [7, 11) is 1.51. The molecule has 1 aromatic rings. The Balaban J connectivity index is 3.27. The van der Waals surface area contributed by atoms with Gasteiger partial charge in [-0.2, -0.15) is 0 Å². The largest absolute Gasteiger partial charge is 0.495 e. The maximum absolute atomic E-state index is 11.9. The van der Waals surface area contributed by atoms with E-state index < -0.39 is 5.60 Å². The fourth-order valence-electron chi connectivity index (χ4n) is 1.39. The molecule has 0 saturated heterocycles. The molecule has 0 aliphatic carbocycles. The van der Waals surface area contributed by atoms with E-state index in [4.69, 9.17) is 16.3 Å². The van der Waals surface area contributed by atoms with E-state index in [0.29, 0.717) is 16.3 Å². The van der Waals surface area contributed by atoms with Gasteiger partial charge in [0, 0.05) is 5.56 Å². The summed E-state index contributed by atoms with van der Waals surface area (Å²) in [5.74, 6) is 0.168. The third-order valence-electron chi connectivity index (χ3n) is 2.30. The second-order valence-corrected chi connectivity index (χ2v) is 4.60. The third kappa shape index (κ3) is 2.54. The number of hydrogen-bond donors (Lipinski definition) is 1. The molecule has 0 spiro atoms. The van der Waals surface area contributed by atoms with Crippen LogP contribution in [0.25, 0.3) is 0 Å². The van der Waals surface area contributed by atoms with Crippen LogP contribution in [0.5, 0.6) is 5.75 Å². The molecule has 4 heteroatoms. The lowest BCUT2D eigenvalue weighted by Crippen LogP contribution is -2.31. The van der Waals surface area contributed by atoms with Crippen molar-refractivity contribution in [3.8, 4) is 5.75 Å². The zero-order valence-electron chi connectivity index (χ0n) is 9.80. The van der Waals surface area contributed by atoms with Gasteiger partial charge in [-0.3, -0.25) is 4.79 Å². The number of ketones is 1. The predicted octanol–water partition coefficient (Wildman–Crippen LogP) is 2.61. The molecule has 0 atom stereocenters. The lowest BCUT2D eigenvalue weighted by molar-refractivity contribution is 0.0487. The average molecular weight is 243 g/mol. The van der Waals surface area contributed by atoms with Gasteiger partial charge in [0.2, 0.25) is 0 Å². The summed E-state index contributed by atoms with van der Waals surface area (Å²) in [5.41, 5.74) is -0.255. The van der Waals surface area contributed by atoms with Gasteiger partial charge in [0.1, 0.15) is 11.4 Å². The van der Waals surface area contributed by atoms with Gasteiger partial charge in [-0.05, 0) is 38.5 Å². The number of Topliss-reactive ketones (excluding diaryl/α,β-unsaturated/α-hetero) is 1. The Morgan fingerprint density at radius 2 is 2.00 bits per heavy atom. The van der Waals surface area contributed by atoms with Crippen molar-refractivity contribution < 1.29 is 14.6 Å². The first kappa shape index (κ1) is 13.0. The fourth-order valence-corrected chi connectivity index (χ4v) is 1.63. The van der Waals surface area contributed by atoms with Crippen molar-refractivity contribution in [1.82, 2.24) is 0 Å². The molecular weight excluding hydrogens is 228 g/mol. The van der Waals surface area contributed by atoms with Crippen LogP contribution in [0.1, 0.15) is 29.8 Å². The molecule has 0 unspecified atom stereocenters. The van der Waals surface area contributed by atoms with Gasteiger partial charge in [0.05, 0.1) is 12.1 Å². The molecule has 0 amide bonds. The Labute approximate surface area is 100.0 Å². The highest BCUT2D eigenvalue weighted by Gasteiger charge is 2.27. The van der Waals surface area contributed by atoms with Gasteiger partial charge in [0.25, 0.3) is 0 Å². The number of benzene rings is 1. The van der Waals surface area contributed by atoms with Crippen LogP contribution in [-0.2, 0) is 0 Å². The quantitative estimate of drug-likeness (QED) is 0.829. The van der Waals surface area contributed by atoms with Crippen LogP contribution >= 0.6 is 11.6 Å². The van der Waals surface area contributed by atoms with Crippen LogP contribution in [0.3, 0.4) is 0 Å². The van der Waals surface area contributed by atoms with E-state index in [-0.39, 0.29) is 5.78 Å². The maximum Gasteiger partial charge on any atom is 0.194 e. The summed E-state index contributed by atoms with van der Waals surface area (Å²) in [6, 6.07) is 3.21. The van der Waals surface area contributed by atoms with Gasteiger partial charge >= 0.3 is 0 Å². The van der Waals surface area contributed by atoms with Gasteiger partial charge in [-0.1, -0.05) is 11.6 Å². The van der Waals surface area contributed by atoms with Gasteiger partial charge in [0.15, 0.2) is 5.78 Å². The van der Waals surface area contributed by atoms with Crippen LogP contribution in [-0.4, -0.2) is 23.6 Å². The molecule has 0 saturated carbocycles. The Hall–Kier alpha value is -1.06. The summed E-state index contributed by atoms with van der Waals surface area (Å²) < 4.78 is 5.04. The monoisotopic (exact) mass is 242 g/mol.